The highest BCUT2D eigenvalue weighted by Crippen LogP contribution is 2.35. The van der Waals surface area contributed by atoms with Crippen LogP contribution in [0.4, 0.5) is 4.39 Å². The van der Waals surface area contributed by atoms with Crippen LogP contribution in [0.1, 0.15) is 36.0 Å². The van der Waals surface area contributed by atoms with E-state index in [4.69, 9.17) is 14.6 Å². The molecule has 21 heavy (non-hydrogen) atoms. The van der Waals surface area contributed by atoms with E-state index in [1.807, 2.05) is 0 Å². The fraction of sp³-hybridized carbons (Fsp3) is 0.533. The average molecular weight is 295 g/mol. The zero-order valence-corrected chi connectivity index (χ0v) is 11.6. The van der Waals surface area contributed by atoms with Crippen molar-refractivity contribution < 1.29 is 23.8 Å². The quantitative estimate of drug-likeness (QED) is 0.875. The molecule has 1 aromatic rings. The Morgan fingerprint density at radius 1 is 1.29 bits per heavy atom. The smallest absolute Gasteiger partial charge is 0.254 e. The minimum absolute atomic E-state index is 0.0101. The van der Waals surface area contributed by atoms with E-state index >= 15 is 0 Å². The van der Waals surface area contributed by atoms with Crippen molar-refractivity contribution in [2.75, 3.05) is 13.2 Å². The van der Waals surface area contributed by atoms with Gasteiger partial charge in [-0.3, -0.25) is 4.79 Å². The summed E-state index contributed by atoms with van der Waals surface area (Å²) in [6.45, 7) is 1.24. The molecule has 3 rings (SSSR count). The second kappa shape index (κ2) is 5.61. The molecule has 1 aliphatic carbocycles. The summed E-state index contributed by atoms with van der Waals surface area (Å²) in [6.07, 6.45) is 2.95. The van der Waals surface area contributed by atoms with Crippen LogP contribution >= 0.6 is 0 Å². The second-order valence-electron chi connectivity index (χ2n) is 5.52. The number of carbonyl (C=O) groups excluding carboxylic acids is 1. The van der Waals surface area contributed by atoms with Crippen molar-refractivity contribution in [1.82, 2.24) is 5.32 Å². The molecule has 2 N–H and O–H groups in total. The van der Waals surface area contributed by atoms with Crippen LogP contribution in [0.2, 0.25) is 0 Å². The first-order valence-corrected chi connectivity index (χ1v) is 7.15. The second-order valence-corrected chi connectivity index (χ2v) is 5.52. The monoisotopic (exact) mass is 295 g/mol. The molecule has 0 aromatic heterocycles. The molecule has 1 spiro atoms. The van der Waals surface area contributed by atoms with Crippen molar-refractivity contribution in [2.45, 2.75) is 37.5 Å². The molecule has 2 fully saturated rings. The van der Waals surface area contributed by atoms with E-state index in [9.17, 15) is 9.18 Å². The first kappa shape index (κ1) is 14.3. The van der Waals surface area contributed by atoms with E-state index in [1.165, 1.54) is 12.1 Å². The lowest BCUT2D eigenvalue weighted by atomic mass is 9.90. The van der Waals surface area contributed by atoms with Crippen LogP contribution < -0.4 is 5.32 Å². The van der Waals surface area contributed by atoms with Crippen LogP contribution in [-0.2, 0) is 9.47 Å². The number of rotatable bonds is 2. The summed E-state index contributed by atoms with van der Waals surface area (Å²) in [6, 6.07) is 3.51. The predicted octanol–water partition coefficient (Wildman–Crippen LogP) is 1.95. The molecule has 1 saturated heterocycles. The minimum atomic E-state index is -0.720. The summed E-state index contributed by atoms with van der Waals surface area (Å²) in [5.74, 6) is -1.84. The maximum atomic E-state index is 13.6. The molecular formula is C15H18FNO4. The highest BCUT2D eigenvalue weighted by atomic mass is 19.1. The van der Waals surface area contributed by atoms with Crippen molar-refractivity contribution in [1.29, 1.82) is 0 Å². The Hall–Kier alpha value is -1.66. The molecule has 0 atom stereocenters. The van der Waals surface area contributed by atoms with Crippen molar-refractivity contribution >= 4 is 5.91 Å². The standard InChI is InChI=1S/C15H18FNO4/c16-13-9-11(18)1-2-12(13)14(19)17-10-3-5-15(6-4-10)20-7-8-21-15/h1-2,9-10,18H,3-8H2,(H,17,19). The molecule has 0 unspecified atom stereocenters. The number of carbonyl (C=O) groups is 1. The molecule has 1 amide bonds. The first-order chi connectivity index (χ1) is 10.1. The third-order valence-corrected chi connectivity index (χ3v) is 4.09. The number of phenolic OH excluding ortho intramolecular Hbond substituents is 1. The van der Waals surface area contributed by atoms with Gasteiger partial charge in [-0.1, -0.05) is 0 Å². The molecule has 0 radical (unpaired) electrons. The summed E-state index contributed by atoms with van der Waals surface area (Å²) < 4.78 is 24.9. The number of hydrogen-bond donors (Lipinski definition) is 2. The number of phenols is 1. The van der Waals surface area contributed by atoms with Crippen LogP contribution in [0, 0.1) is 5.82 Å². The van der Waals surface area contributed by atoms with Gasteiger partial charge in [0.1, 0.15) is 11.6 Å². The van der Waals surface area contributed by atoms with Crippen molar-refractivity contribution in [3.8, 4) is 5.75 Å². The Labute approximate surface area is 122 Å². The lowest BCUT2D eigenvalue weighted by Crippen LogP contribution is -2.44. The third-order valence-electron chi connectivity index (χ3n) is 4.09. The van der Waals surface area contributed by atoms with E-state index in [1.54, 1.807) is 0 Å². The molecule has 5 nitrogen and oxygen atoms in total. The van der Waals surface area contributed by atoms with Gasteiger partial charge in [0.25, 0.3) is 5.91 Å². The number of halogens is 1. The Morgan fingerprint density at radius 2 is 1.95 bits per heavy atom. The van der Waals surface area contributed by atoms with Gasteiger partial charge >= 0.3 is 0 Å². The van der Waals surface area contributed by atoms with Crippen molar-refractivity contribution in [2.24, 2.45) is 0 Å². The normalized spacial score (nSPS) is 21.6. The molecule has 1 aliphatic heterocycles. The highest BCUT2D eigenvalue weighted by molar-refractivity contribution is 5.94. The van der Waals surface area contributed by atoms with E-state index < -0.39 is 17.5 Å². The minimum Gasteiger partial charge on any atom is -0.508 e. The van der Waals surface area contributed by atoms with E-state index in [0.717, 1.165) is 31.7 Å². The number of benzene rings is 1. The Morgan fingerprint density at radius 3 is 2.57 bits per heavy atom. The van der Waals surface area contributed by atoms with Gasteiger partial charge < -0.3 is 19.9 Å². The Balaban J connectivity index is 1.58. The summed E-state index contributed by atoms with van der Waals surface area (Å²) >= 11 is 0. The predicted molar refractivity (Wildman–Crippen MR) is 72.4 cm³/mol. The Bertz CT molecular complexity index is 532. The summed E-state index contributed by atoms with van der Waals surface area (Å²) in [5, 5.41) is 12.0. The molecule has 114 valence electrons. The molecule has 1 aromatic carbocycles. The number of nitrogens with one attached hydrogen (secondary N) is 1. The highest BCUT2D eigenvalue weighted by Gasteiger charge is 2.40. The van der Waals surface area contributed by atoms with Crippen molar-refractivity contribution in [3.63, 3.8) is 0 Å². The summed E-state index contributed by atoms with van der Waals surface area (Å²) in [5.41, 5.74) is -0.0542. The van der Waals surface area contributed by atoms with Crippen LogP contribution in [-0.4, -0.2) is 36.1 Å². The maximum Gasteiger partial charge on any atom is 0.254 e. The summed E-state index contributed by atoms with van der Waals surface area (Å²) in [4.78, 5) is 12.1. The van der Waals surface area contributed by atoms with Crippen LogP contribution in [0.15, 0.2) is 18.2 Å². The van der Waals surface area contributed by atoms with E-state index in [2.05, 4.69) is 5.32 Å². The number of hydrogen-bond acceptors (Lipinski definition) is 4. The van der Waals surface area contributed by atoms with Gasteiger partial charge in [-0.25, -0.2) is 4.39 Å². The SMILES string of the molecule is O=C(NC1CCC2(CC1)OCCO2)c1ccc(O)cc1F. The van der Waals surface area contributed by atoms with Crippen LogP contribution in [0.5, 0.6) is 5.75 Å². The van der Waals surface area contributed by atoms with Crippen molar-refractivity contribution in [3.05, 3.63) is 29.6 Å². The fourth-order valence-corrected chi connectivity index (χ4v) is 2.94. The topological polar surface area (TPSA) is 67.8 Å². The van der Waals surface area contributed by atoms with Gasteiger partial charge in [0.05, 0.1) is 18.8 Å². The number of amides is 1. The van der Waals surface area contributed by atoms with Gasteiger partial charge in [-0.2, -0.15) is 0 Å². The fourth-order valence-electron chi connectivity index (χ4n) is 2.94. The van der Waals surface area contributed by atoms with Crippen LogP contribution in [0.25, 0.3) is 0 Å². The van der Waals surface area contributed by atoms with Gasteiger partial charge in [0.15, 0.2) is 5.79 Å². The van der Waals surface area contributed by atoms with Gasteiger partial charge in [0, 0.05) is 24.9 Å². The zero-order valence-electron chi connectivity index (χ0n) is 11.6. The third kappa shape index (κ3) is 3.01. The molecule has 1 heterocycles. The zero-order chi connectivity index (χ0) is 14.9. The molecule has 1 saturated carbocycles. The van der Waals surface area contributed by atoms with Gasteiger partial charge in [0.2, 0.25) is 0 Å². The van der Waals surface area contributed by atoms with Gasteiger partial charge in [-0.05, 0) is 25.0 Å². The maximum absolute atomic E-state index is 13.6. The average Bonchev–Trinajstić information content (AvgIpc) is 2.90. The lowest BCUT2D eigenvalue weighted by Gasteiger charge is -2.35. The Kier molecular flexibility index (Phi) is 3.82. The molecule has 0 bridgehead atoms. The first-order valence-electron chi connectivity index (χ1n) is 7.15. The van der Waals surface area contributed by atoms with E-state index in [-0.39, 0.29) is 17.4 Å². The lowest BCUT2D eigenvalue weighted by molar-refractivity contribution is -0.179. The van der Waals surface area contributed by atoms with Gasteiger partial charge in [-0.15, -0.1) is 0 Å². The summed E-state index contributed by atoms with van der Waals surface area (Å²) in [7, 11) is 0. The molecule has 6 heteroatoms. The molecule has 2 aliphatic rings. The number of ether oxygens (including phenoxy) is 2. The molecular weight excluding hydrogens is 277 g/mol. The van der Waals surface area contributed by atoms with Crippen LogP contribution in [0.3, 0.4) is 0 Å². The van der Waals surface area contributed by atoms with E-state index in [0.29, 0.717) is 13.2 Å². The largest absolute Gasteiger partial charge is 0.508 e. The number of aromatic hydroxyl groups is 1.